The number of carbonyl (C=O) groups is 1. The molecule has 2 aliphatic rings. The Balaban J connectivity index is 1.69. The molecular weight excluding hydrogens is 300 g/mol. The van der Waals surface area contributed by atoms with Gasteiger partial charge in [-0.1, -0.05) is 18.9 Å². The molecule has 1 amide bonds. The molecule has 0 aromatic heterocycles. The smallest absolute Gasteiger partial charge is 0.251 e. The van der Waals surface area contributed by atoms with Crippen LogP contribution in [-0.4, -0.2) is 26.9 Å². The standard InChI is InChI=1S/C16H22N2O3S/c19-16(17-11-12-8-9-12)13-4-3-7-15(10-13)22(20,21)18-14-5-1-2-6-14/h3-4,7,10,12,14,18H,1-2,5-6,8-9,11H2,(H,17,19). The zero-order valence-electron chi connectivity index (χ0n) is 12.5. The van der Waals surface area contributed by atoms with Gasteiger partial charge in [0.2, 0.25) is 10.0 Å². The highest BCUT2D eigenvalue weighted by Gasteiger charge is 2.24. The maximum absolute atomic E-state index is 12.4. The Hall–Kier alpha value is -1.40. The van der Waals surface area contributed by atoms with Gasteiger partial charge in [-0.05, 0) is 49.8 Å². The van der Waals surface area contributed by atoms with Crippen molar-refractivity contribution in [2.75, 3.05) is 6.54 Å². The van der Waals surface area contributed by atoms with E-state index in [1.807, 2.05) is 0 Å². The van der Waals surface area contributed by atoms with Crippen molar-refractivity contribution in [3.8, 4) is 0 Å². The Morgan fingerprint density at radius 2 is 1.86 bits per heavy atom. The Kier molecular flexibility index (Phi) is 4.49. The quantitative estimate of drug-likeness (QED) is 0.841. The zero-order valence-corrected chi connectivity index (χ0v) is 13.4. The molecule has 1 aromatic carbocycles. The van der Waals surface area contributed by atoms with E-state index in [1.165, 1.54) is 25.0 Å². The van der Waals surface area contributed by atoms with Crippen LogP contribution in [0, 0.1) is 5.92 Å². The SMILES string of the molecule is O=C(NCC1CC1)c1cccc(S(=O)(=O)NC2CCCC2)c1. The molecule has 2 saturated carbocycles. The summed E-state index contributed by atoms with van der Waals surface area (Å²) in [6, 6.07) is 6.29. The molecule has 0 heterocycles. The van der Waals surface area contributed by atoms with Crippen molar-refractivity contribution in [1.82, 2.24) is 10.0 Å². The summed E-state index contributed by atoms with van der Waals surface area (Å²) in [6.07, 6.45) is 6.25. The lowest BCUT2D eigenvalue weighted by Crippen LogP contribution is -2.33. The summed E-state index contributed by atoms with van der Waals surface area (Å²) in [5, 5.41) is 2.86. The fourth-order valence-corrected chi connectivity index (χ4v) is 4.15. The number of carbonyl (C=O) groups excluding carboxylic acids is 1. The van der Waals surface area contributed by atoms with E-state index in [1.54, 1.807) is 12.1 Å². The van der Waals surface area contributed by atoms with Gasteiger partial charge in [0.25, 0.3) is 5.91 Å². The maximum atomic E-state index is 12.4. The van der Waals surface area contributed by atoms with Gasteiger partial charge < -0.3 is 5.32 Å². The molecule has 0 atom stereocenters. The number of hydrogen-bond acceptors (Lipinski definition) is 3. The second-order valence-electron chi connectivity index (χ2n) is 6.28. The Morgan fingerprint density at radius 1 is 1.14 bits per heavy atom. The summed E-state index contributed by atoms with van der Waals surface area (Å²) in [6.45, 7) is 0.677. The van der Waals surface area contributed by atoms with E-state index in [0.717, 1.165) is 25.7 Å². The summed E-state index contributed by atoms with van der Waals surface area (Å²) in [7, 11) is -3.55. The molecule has 2 fully saturated rings. The van der Waals surface area contributed by atoms with Crippen molar-refractivity contribution >= 4 is 15.9 Å². The second-order valence-corrected chi connectivity index (χ2v) is 8.00. The first-order chi connectivity index (χ1) is 10.5. The van der Waals surface area contributed by atoms with Gasteiger partial charge in [0.05, 0.1) is 4.90 Å². The first kappa shape index (κ1) is 15.5. The lowest BCUT2D eigenvalue weighted by molar-refractivity contribution is 0.0951. The van der Waals surface area contributed by atoms with E-state index < -0.39 is 10.0 Å². The number of sulfonamides is 1. The molecule has 0 aliphatic heterocycles. The van der Waals surface area contributed by atoms with E-state index >= 15 is 0 Å². The average molecular weight is 322 g/mol. The van der Waals surface area contributed by atoms with Crippen LogP contribution >= 0.6 is 0 Å². The summed E-state index contributed by atoms with van der Waals surface area (Å²) >= 11 is 0. The van der Waals surface area contributed by atoms with E-state index in [-0.39, 0.29) is 16.8 Å². The van der Waals surface area contributed by atoms with Crippen molar-refractivity contribution in [3.63, 3.8) is 0 Å². The molecule has 2 N–H and O–H groups in total. The summed E-state index contributed by atoms with van der Waals surface area (Å²) < 4.78 is 27.5. The van der Waals surface area contributed by atoms with Crippen LogP contribution in [0.1, 0.15) is 48.9 Å². The van der Waals surface area contributed by atoms with Gasteiger partial charge in [-0.15, -0.1) is 0 Å². The van der Waals surface area contributed by atoms with Crippen molar-refractivity contribution in [1.29, 1.82) is 0 Å². The molecule has 2 aliphatic carbocycles. The van der Waals surface area contributed by atoms with Crippen LogP contribution in [0.2, 0.25) is 0 Å². The predicted molar refractivity (Wildman–Crippen MR) is 84.1 cm³/mol. The Labute approximate surface area is 131 Å². The van der Waals surface area contributed by atoms with Crippen LogP contribution in [-0.2, 0) is 10.0 Å². The minimum absolute atomic E-state index is 0.0253. The molecule has 0 spiro atoms. The largest absolute Gasteiger partial charge is 0.352 e. The van der Waals surface area contributed by atoms with Gasteiger partial charge in [0.15, 0.2) is 0 Å². The normalized spacial score (nSPS) is 19.3. The highest BCUT2D eigenvalue weighted by Crippen LogP contribution is 2.27. The minimum Gasteiger partial charge on any atom is -0.352 e. The first-order valence-corrected chi connectivity index (χ1v) is 9.43. The molecule has 6 heteroatoms. The number of nitrogens with one attached hydrogen (secondary N) is 2. The van der Waals surface area contributed by atoms with Crippen LogP contribution in [0.15, 0.2) is 29.2 Å². The van der Waals surface area contributed by atoms with Gasteiger partial charge in [0.1, 0.15) is 0 Å². The summed E-state index contributed by atoms with van der Waals surface area (Å²) in [5.41, 5.74) is 0.398. The molecule has 120 valence electrons. The van der Waals surface area contributed by atoms with E-state index in [0.29, 0.717) is 18.0 Å². The van der Waals surface area contributed by atoms with E-state index in [2.05, 4.69) is 10.0 Å². The van der Waals surface area contributed by atoms with Crippen LogP contribution in [0.5, 0.6) is 0 Å². The second kappa shape index (κ2) is 6.38. The van der Waals surface area contributed by atoms with Gasteiger partial charge in [-0.2, -0.15) is 0 Å². The van der Waals surface area contributed by atoms with Crippen molar-refractivity contribution in [2.24, 2.45) is 5.92 Å². The third-order valence-electron chi connectivity index (χ3n) is 4.33. The van der Waals surface area contributed by atoms with Gasteiger partial charge in [-0.25, -0.2) is 13.1 Å². The lowest BCUT2D eigenvalue weighted by Gasteiger charge is -2.13. The molecule has 22 heavy (non-hydrogen) atoms. The number of hydrogen-bond donors (Lipinski definition) is 2. The summed E-state index contributed by atoms with van der Waals surface area (Å²) in [5.74, 6) is 0.393. The Morgan fingerprint density at radius 3 is 2.55 bits per heavy atom. The molecule has 5 nitrogen and oxygen atoms in total. The molecule has 0 radical (unpaired) electrons. The highest BCUT2D eigenvalue weighted by atomic mass is 32.2. The topological polar surface area (TPSA) is 75.3 Å². The molecule has 0 unspecified atom stereocenters. The van der Waals surface area contributed by atoms with Crippen LogP contribution in [0.3, 0.4) is 0 Å². The van der Waals surface area contributed by atoms with Crippen molar-refractivity contribution < 1.29 is 13.2 Å². The molecule has 0 bridgehead atoms. The van der Waals surface area contributed by atoms with Gasteiger partial charge in [0, 0.05) is 18.2 Å². The number of rotatable bonds is 6. The molecule has 1 aromatic rings. The molecule has 0 saturated heterocycles. The molecule has 3 rings (SSSR count). The zero-order chi connectivity index (χ0) is 15.6. The first-order valence-electron chi connectivity index (χ1n) is 7.95. The lowest BCUT2D eigenvalue weighted by atomic mass is 10.2. The highest BCUT2D eigenvalue weighted by molar-refractivity contribution is 7.89. The minimum atomic E-state index is -3.55. The fourth-order valence-electron chi connectivity index (χ4n) is 2.80. The predicted octanol–water partition coefficient (Wildman–Crippen LogP) is 2.05. The van der Waals surface area contributed by atoms with Crippen molar-refractivity contribution in [3.05, 3.63) is 29.8 Å². The average Bonchev–Trinajstić information content (AvgIpc) is 3.21. The fraction of sp³-hybridized carbons (Fsp3) is 0.562. The monoisotopic (exact) mass is 322 g/mol. The number of benzene rings is 1. The van der Waals surface area contributed by atoms with Gasteiger partial charge in [-0.3, -0.25) is 4.79 Å². The Bertz CT molecular complexity index is 647. The van der Waals surface area contributed by atoms with Crippen LogP contribution in [0.4, 0.5) is 0 Å². The van der Waals surface area contributed by atoms with Gasteiger partial charge >= 0.3 is 0 Å². The van der Waals surface area contributed by atoms with E-state index in [9.17, 15) is 13.2 Å². The van der Waals surface area contributed by atoms with Crippen molar-refractivity contribution in [2.45, 2.75) is 49.5 Å². The van der Waals surface area contributed by atoms with E-state index in [4.69, 9.17) is 0 Å². The van der Waals surface area contributed by atoms with Crippen LogP contribution < -0.4 is 10.0 Å². The number of amides is 1. The maximum Gasteiger partial charge on any atom is 0.251 e. The summed E-state index contributed by atoms with van der Waals surface area (Å²) in [4.78, 5) is 12.2. The third kappa shape index (κ3) is 3.87. The van der Waals surface area contributed by atoms with Crippen LogP contribution in [0.25, 0.3) is 0 Å². The molecular formula is C16H22N2O3S. The third-order valence-corrected chi connectivity index (χ3v) is 5.85.